The average Bonchev–Trinajstić information content (AvgIpc) is 2.72. The van der Waals surface area contributed by atoms with E-state index in [-0.39, 0.29) is 23.6 Å². The van der Waals surface area contributed by atoms with E-state index in [0.717, 1.165) is 6.07 Å². The number of fused-ring (bicyclic) bond motifs is 1. The SMILES string of the molecule is Cc1nc2c(cc1F)c(N)nn2Cc1cccc(F)c1F. The first-order valence-corrected chi connectivity index (χ1v) is 6.19. The molecule has 2 aromatic heterocycles. The lowest BCUT2D eigenvalue weighted by molar-refractivity contribution is 0.493. The standard InChI is InChI=1S/C14H11F3N4/c1-7-11(16)5-9-13(18)20-21(14(9)19-7)6-8-3-2-4-10(15)12(8)17/h2-5H,6H2,1H3,(H2,18,20). The van der Waals surface area contributed by atoms with Gasteiger partial charge in [0.25, 0.3) is 0 Å². The Morgan fingerprint density at radius 2 is 1.95 bits per heavy atom. The van der Waals surface area contributed by atoms with Crippen LogP contribution in [0.5, 0.6) is 0 Å². The number of anilines is 1. The minimum Gasteiger partial charge on any atom is -0.382 e. The molecule has 0 saturated carbocycles. The number of rotatable bonds is 2. The van der Waals surface area contributed by atoms with Gasteiger partial charge in [0.05, 0.1) is 17.6 Å². The predicted molar refractivity (Wildman–Crippen MR) is 72.1 cm³/mol. The number of benzene rings is 1. The second-order valence-corrected chi connectivity index (χ2v) is 4.68. The van der Waals surface area contributed by atoms with Crippen molar-refractivity contribution >= 4 is 16.9 Å². The third kappa shape index (κ3) is 2.20. The van der Waals surface area contributed by atoms with Crippen molar-refractivity contribution in [2.75, 3.05) is 5.73 Å². The van der Waals surface area contributed by atoms with Crippen molar-refractivity contribution in [2.24, 2.45) is 0 Å². The molecule has 1 aromatic carbocycles. The third-order valence-corrected chi connectivity index (χ3v) is 3.23. The van der Waals surface area contributed by atoms with Crippen LogP contribution in [0, 0.1) is 24.4 Å². The maximum atomic E-state index is 13.7. The summed E-state index contributed by atoms with van der Waals surface area (Å²) in [7, 11) is 0. The van der Waals surface area contributed by atoms with Gasteiger partial charge in [-0.25, -0.2) is 22.8 Å². The van der Waals surface area contributed by atoms with Gasteiger partial charge >= 0.3 is 0 Å². The number of aromatic nitrogens is 3. The molecular formula is C14H11F3N4. The molecule has 0 saturated heterocycles. The number of nitrogen functional groups attached to an aromatic ring is 1. The Labute approximate surface area is 118 Å². The summed E-state index contributed by atoms with van der Waals surface area (Å²) in [4.78, 5) is 4.07. The molecule has 0 aliphatic heterocycles. The van der Waals surface area contributed by atoms with Crippen molar-refractivity contribution in [1.82, 2.24) is 14.8 Å². The molecule has 0 aliphatic rings. The number of halogens is 3. The summed E-state index contributed by atoms with van der Waals surface area (Å²) in [6, 6.07) is 5.12. The van der Waals surface area contributed by atoms with E-state index in [1.165, 1.54) is 29.8 Å². The Balaban J connectivity index is 2.13. The molecule has 2 heterocycles. The van der Waals surface area contributed by atoms with Crippen LogP contribution in [0.4, 0.5) is 19.0 Å². The van der Waals surface area contributed by atoms with Crippen LogP contribution in [0.1, 0.15) is 11.3 Å². The molecule has 2 N–H and O–H groups in total. The number of aryl methyl sites for hydroxylation is 1. The molecular weight excluding hydrogens is 281 g/mol. The van der Waals surface area contributed by atoms with Gasteiger partial charge in [-0.1, -0.05) is 12.1 Å². The lowest BCUT2D eigenvalue weighted by Crippen LogP contribution is -2.06. The highest BCUT2D eigenvalue weighted by atomic mass is 19.2. The van der Waals surface area contributed by atoms with Crippen molar-refractivity contribution in [3.63, 3.8) is 0 Å². The molecule has 0 fully saturated rings. The summed E-state index contributed by atoms with van der Waals surface area (Å²) in [5, 5.41) is 4.36. The topological polar surface area (TPSA) is 56.7 Å². The molecule has 4 nitrogen and oxygen atoms in total. The molecule has 3 aromatic rings. The fraction of sp³-hybridized carbons (Fsp3) is 0.143. The Kier molecular flexibility index (Phi) is 3.04. The van der Waals surface area contributed by atoms with Gasteiger partial charge in [-0.3, -0.25) is 0 Å². The molecule has 0 bridgehead atoms. The number of nitrogens with zero attached hydrogens (tertiary/aromatic N) is 3. The van der Waals surface area contributed by atoms with Crippen LogP contribution >= 0.6 is 0 Å². The smallest absolute Gasteiger partial charge is 0.163 e. The zero-order chi connectivity index (χ0) is 15.1. The quantitative estimate of drug-likeness (QED) is 0.790. The number of hydrogen-bond acceptors (Lipinski definition) is 3. The van der Waals surface area contributed by atoms with Gasteiger partial charge in [-0.2, -0.15) is 5.10 Å². The van der Waals surface area contributed by atoms with E-state index < -0.39 is 17.5 Å². The maximum absolute atomic E-state index is 13.7. The van der Waals surface area contributed by atoms with Crippen LogP contribution < -0.4 is 5.73 Å². The fourth-order valence-electron chi connectivity index (χ4n) is 2.13. The molecule has 7 heteroatoms. The van der Waals surface area contributed by atoms with Crippen LogP contribution in [0.25, 0.3) is 11.0 Å². The Morgan fingerprint density at radius 1 is 1.19 bits per heavy atom. The van der Waals surface area contributed by atoms with Crippen molar-refractivity contribution < 1.29 is 13.2 Å². The molecule has 21 heavy (non-hydrogen) atoms. The van der Waals surface area contributed by atoms with Crippen molar-refractivity contribution in [1.29, 1.82) is 0 Å². The second kappa shape index (κ2) is 4.76. The minimum absolute atomic E-state index is 0.0463. The number of pyridine rings is 1. The number of hydrogen-bond donors (Lipinski definition) is 1. The van der Waals surface area contributed by atoms with E-state index in [9.17, 15) is 13.2 Å². The molecule has 0 atom stereocenters. The highest BCUT2D eigenvalue weighted by Gasteiger charge is 2.15. The molecule has 3 rings (SSSR count). The minimum atomic E-state index is -0.946. The summed E-state index contributed by atoms with van der Waals surface area (Å²) >= 11 is 0. The highest BCUT2D eigenvalue weighted by Crippen LogP contribution is 2.23. The summed E-state index contributed by atoms with van der Waals surface area (Å²) in [5.74, 6) is -2.29. The highest BCUT2D eigenvalue weighted by molar-refractivity contribution is 5.86. The van der Waals surface area contributed by atoms with Crippen LogP contribution in [0.2, 0.25) is 0 Å². The van der Waals surface area contributed by atoms with Gasteiger partial charge in [0.2, 0.25) is 0 Å². The summed E-state index contributed by atoms with van der Waals surface area (Å²) < 4.78 is 41.8. The van der Waals surface area contributed by atoms with Crippen molar-refractivity contribution in [3.05, 3.63) is 53.0 Å². The largest absolute Gasteiger partial charge is 0.382 e. The first-order chi connectivity index (χ1) is 9.97. The Hall–Kier alpha value is -2.57. The van der Waals surface area contributed by atoms with Gasteiger partial charge in [0.15, 0.2) is 23.1 Å². The molecule has 108 valence electrons. The van der Waals surface area contributed by atoms with Crippen LogP contribution in [-0.4, -0.2) is 14.8 Å². The molecule has 0 unspecified atom stereocenters. The summed E-state index contributed by atoms with van der Waals surface area (Å²) in [6.45, 7) is 1.46. The first kappa shape index (κ1) is 13.4. The van der Waals surface area contributed by atoms with Crippen LogP contribution in [0.15, 0.2) is 24.3 Å². The lowest BCUT2D eigenvalue weighted by atomic mass is 10.2. The Bertz CT molecular complexity index is 842. The normalized spacial score (nSPS) is 11.2. The molecule has 0 aliphatic carbocycles. The maximum Gasteiger partial charge on any atom is 0.163 e. The van der Waals surface area contributed by atoms with Crippen molar-refractivity contribution in [2.45, 2.75) is 13.5 Å². The predicted octanol–water partition coefficient (Wildman–Crippen LogP) is 2.79. The molecule has 0 radical (unpaired) electrons. The monoisotopic (exact) mass is 292 g/mol. The van der Waals surface area contributed by atoms with E-state index in [1.54, 1.807) is 0 Å². The van der Waals surface area contributed by atoms with Gasteiger partial charge in [0.1, 0.15) is 5.82 Å². The zero-order valence-corrected chi connectivity index (χ0v) is 11.1. The molecule has 0 spiro atoms. The van der Waals surface area contributed by atoms with Gasteiger partial charge in [-0.05, 0) is 19.1 Å². The Morgan fingerprint density at radius 3 is 2.71 bits per heavy atom. The zero-order valence-electron chi connectivity index (χ0n) is 11.1. The average molecular weight is 292 g/mol. The first-order valence-electron chi connectivity index (χ1n) is 6.19. The van der Waals surface area contributed by atoms with E-state index in [0.29, 0.717) is 11.0 Å². The summed E-state index contributed by atoms with van der Waals surface area (Å²) in [5.41, 5.74) is 6.34. The van der Waals surface area contributed by atoms with E-state index in [4.69, 9.17) is 5.73 Å². The second-order valence-electron chi connectivity index (χ2n) is 4.68. The van der Waals surface area contributed by atoms with E-state index in [2.05, 4.69) is 10.1 Å². The summed E-state index contributed by atoms with van der Waals surface area (Å²) in [6.07, 6.45) is 0. The third-order valence-electron chi connectivity index (χ3n) is 3.23. The fourth-order valence-corrected chi connectivity index (χ4v) is 2.13. The van der Waals surface area contributed by atoms with Gasteiger partial charge in [0, 0.05) is 5.56 Å². The van der Waals surface area contributed by atoms with Gasteiger partial charge < -0.3 is 5.73 Å². The number of nitrogens with two attached hydrogens (primary N) is 1. The lowest BCUT2D eigenvalue weighted by Gasteiger charge is -2.05. The molecule has 0 amide bonds. The van der Waals surface area contributed by atoms with Crippen molar-refractivity contribution in [3.8, 4) is 0 Å². The van der Waals surface area contributed by atoms with Crippen LogP contribution in [0.3, 0.4) is 0 Å². The van der Waals surface area contributed by atoms with Crippen LogP contribution in [-0.2, 0) is 6.54 Å². The van der Waals surface area contributed by atoms with Gasteiger partial charge in [-0.15, -0.1) is 0 Å². The van der Waals surface area contributed by atoms with E-state index >= 15 is 0 Å². The van der Waals surface area contributed by atoms with E-state index in [1.807, 2.05) is 0 Å².